The summed E-state index contributed by atoms with van der Waals surface area (Å²) in [5.41, 5.74) is 1.53. The van der Waals surface area contributed by atoms with Crippen LogP contribution in [0.25, 0.3) is 0 Å². The van der Waals surface area contributed by atoms with Crippen LogP contribution in [0.1, 0.15) is 5.56 Å². The maximum atomic E-state index is 13.4. The lowest BCUT2D eigenvalue weighted by molar-refractivity contribution is 0.613. The smallest absolute Gasteiger partial charge is 0.128 e. The Morgan fingerprint density at radius 1 is 1.18 bits per heavy atom. The molecule has 0 aliphatic heterocycles. The zero-order chi connectivity index (χ0) is 12.3. The Morgan fingerprint density at radius 3 is 2.65 bits per heavy atom. The Labute approximate surface area is 113 Å². The number of halogens is 3. The van der Waals surface area contributed by atoms with Crippen molar-refractivity contribution in [2.75, 3.05) is 5.32 Å². The summed E-state index contributed by atoms with van der Waals surface area (Å²) < 4.78 is 14.2. The number of nitrogens with one attached hydrogen (secondary N) is 1. The van der Waals surface area contributed by atoms with Gasteiger partial charge >= 0.3 is 0 Å². The van der Waals surface area contributed by atoms with E-state index >= 15 is 0 Å². The summed E-state index contributed by atoms with van der Waals surface area (Å²) in [5, 5.41) is 3.80. The van der Waals surface area contributed by atoms with Gasteiger partial charge in [-0.1, -0.05) is 29.8 Å². The molecule has 0 heterocycles. The average molecular weight is 315 g/mol. The third-order valence-corrected chi connectivity index (χ3v) is 3.57. The quantitative estimate of drug-likeness (QED) is 0.853. The Kier molecular flexibility index (Phi) is 4.02. The van der Waals surface area contributed by atoms with Crippen molar-refractivity contribution in [3.8, 4) is 0 Å². The van der Waals surface area contributed by atoms with E-state index < -0.39 is 0 Å². The van der Waals surface area contributed by atoms with Crippen molar-refractivity contribution in [2.45, 2.75) is 6.54 Å². The lowest BCUT2D eigenvalue weighted by Gasteiger charge is -2.08. The molecule has 17 heavy (non-hydrogen) atoms. The number of hydrogen-bond donors (Lipinski definition) is 1. The van der Waals surface area contributed by atoms with Crippen molar-refractivity contribution in [3.63, 3.8) is 0 Å². The fourth-order valence-corrected chi connectivity index (χ4v) is 1.94. The Hall–Kier alpha value is -1.06. The molecule has 0 amide bonds. The molecule has 2 aromatic carbocycles. The molecule has 0 spiro atoms. The van der Waals surface area contributed by atoms with Gasteiger partial charge in [-0.15, -0.1) is 0 Å². The van der Waals surface area contributed by atoms with Gasteiger partial charge in [-0.05, 0) is 40.2 Å². The van der Waals surface area contributed by atoms with Crippen molar-refractivity contribution in [1.29, 1.82) is 0 Å². The van der Waals surface area contributed by atoms with Crippen LogP contribution >= 0.6 is 27.5 Å². The van der Waals surface area contributed by atoms with E-state index in [0.717, 1.165) is 10.2 Å². The van der Waals surface area contributed by atoms with Crippen LogP contribution in [-0.2, 0) is 6.54 Å². The summed E-state index contributed by atoms with van der Waals surface area (Å²) >= 11 is 9.23. The molecule has 1 N–H and O–H groups in total. The monoisotopic (exact) mass is 313 g/mol. The molecule has 0 saturated carbocycles. The Morgan fingerprint density at radius 2 is 1.94 bits per heavy atom. The standard InChI is InChI=1S/C13H10BrClFN/c14-11-7-10(5-6-12(11)15)17-8-9-3-1-2-4-13(9)16/h1-7,17H,8H2. The summed E-state index contributed by atoms with van der Waals surface area (Å²) in [6, 6.07) is 12.2. The molecule has 0 atom stereocenters. The van der Waals surface area contributed by atoms with E-state index in [0.29, 0.717) is 17.1 Å². The van der Waals surface area contributed by atoms with Gasteiger partial charge in [-0.2, -0.15) is 0 Å². The van der Waals surface area contributed by atoms with Crippen LogP contribution in [0.3, 0.4) is 0 Å². The molecule has 2 aromatic rings. The van der Waals surface area contributed by atoms with Crippen LogP contribution in [0.15, 0.2) is 46.9 Å². The van der Waals surface area contributed by atoms with Gasteiger partial charge in [0.15, 0.2) is 0 Å². The van der Waals surface area contributed by atoms with Crippen molar-refractivity contribution >= 4 is 33.2 Å². The van der Waals surface area contributed by atoms with E-state index in [9.17, 15) is 4.39 Å². The summed E-state index contributed by atoms with van der Waals surface area (Å²) in [4.78, 5) is 0. The largest absolute Gasteiger partial charge is 0.381 e. The van der Waals surface area contributed by atoms with E-state index in [1.54, 1.807) is 18.2 Å². The van der Waals surface area contributed by atoms with E-state index in [4.69, 9.17) is 11.6 Å². The first-order valence-electron chi connectivity index (χ1n) is 5.09. The number of rotatable bonds is 3. The molecule has 4 heteroatoms. The highest BCUT2D eigenvalue weighted by Gasteiger charge is 2.02. The second-order valence-electron chi connectivity index (χ2n) is 3.57. The highest BCUT2D eigenvalue weighted by atomic mass is 79.9. The molecular formula is C13H10BrClFN. The van der Waals surface area contributed by atoms with Crippen LogP contribution in [-0.4, -0.2) is 0 Å². The summed E-state index contributed by atoms with van der Waals surface area (Å²) in [6.07, 6.45) is 0. The predicted molar refractivity (Wildman–Crippen MR) is 72.9 cm³/mol. The van der Waals surface area contributed by atoms with Crippen LogP contribution in [0.4, 0.5) is 10.1 Å². The minimum absolute atomic E-state index is 0.201. The lowest BCUT2D eigenvalue weighted by atomic mass is 10.2. The van der Waals surface area contributed by atoms with Gasteiger partial charge in [0.05, 0.1) is 5.02 Å². The van der Waals surface area contributed by atoms with E-state index in [1.165, 1.54) is 6.07 Å². The second kappa shape index (κ2) is 5.52. The maximum absolute atomic E-state index is 13.4. The van der Waals surface area contributed by atoms with Crippen LogP contribution < -0.4 is 5.32 Å². The minimum Gasteiger partial charge on any atom is -0.381 e. The molecule has 0 aliphatic rings. The first-order valence-corrected chi connectivity index (χ1v) is 6.26. The first kappa shape index (κ1) is 12.4. The number of hydrogen-bond acceptors (Lipinski definition) is 1. The number of anilines is 1. The molecule has 0 aliphatic carbocycles. The number of benzene rings is 2. The van der Waals surface area contributed by atoms with Gasteiger partial charge in [-0.25, -0.2) is 4.39 Å². The Bertz CT molecular complexity index is 531. The highest BCUT2D eigenvalue weighted by Crippen LogP contribution is 2.25. The average Bonchev–Trinajstić information content (AvgIpc) is 2.32. The van der Waals surface area contributed by atoms with Gasteiger partial charge in [0.1, 0.15) is 5.82 Å². The van der Waals surface area contributed by atoms with Crippen molar-refractivity contribution in [3.05, 3.63) is 63.3 Å². The topological polar surface area (TPSA) is 12.0 Å². The molecule has 0 unspecified atom stereocenters. The van der Waals surface area contributed by atoms with Gasteiger partial charge in [0.25, 0.3) is 0 Å². The molecular weight excluding hydrogens is 305 g/mol. The molecule has 0 saturated heterocycles. The van der Waals surface area contributed by atoms with Crippen molar-refractivity contribution < 1.29 is 4.39 Å². The third kappa shape index (κ3) is 3.20. The summed E-state index contributed by atoms with van der Waals surface area (Å²) in [5.74, 6) is -0.201. The van der Waals surface area contributed by atoms with Gasteiger partial charge < -0.3 is 5.32 Å². The second-order valence-corrected chi connectivity index (χ2v) is 4.84. The van der Waals surface area contributed by atoms with Crippen LogP contribution in [0, 0.1) is 5.82 Å². The van der Waals surface area contributed by atoms with E-state index in [1.807, 2.05) is 18.2 Å². The summed E-state index contributed by atoms with van der Waals surface area (Å²) in [6.45, 7) is 0.445. The van der Waals surface area contributed by atoms with Gasteiger partial charge in [0.2, 0.25) is 0 Å². The van der Waals surface area contributed by atoms with Crippen molar-refractivity contribution in [1.82, 2.24) is 0 Å². The van der Waals surface area contributed by atoms with Crippen LogP contribution in [0.5, 0.6) is 0 Å². The molecule has 2 rings (SSSR count). The maximum Gasteiger partial charge on any atom is 0.128 e. The zero-order valence-corrected chi connectivity index (χ0v) is 11.2. The minimum atomic E-state index is -0.201. The van der Waals surface area contributed by atoms with Crippen LogP contribution in [0.2, 0.25) is 5.02 Å². The lowest BCUT2D eigenvalue weighted by Crippen LogP contribution is -2.01. The molecule has 0 bridgehead atoms. The fourth-order valence-electron chi connectivity index (χ4n) is 1.45. The van der Waals surface area contributed by atoms with E-state index in [-0.39, 0.29) is 5.82 Å². The van der Waals surface area contributed by atoms with Gasteiger partial charge in [0, 0.05) is 22.3 Å². The third-order valence-electron chi connectivity index (χ3n) is 2.36. The fraction of sp³-hybridized carbons (Fsp3) is 0.0769. The highest BCUT2D eigenvalue weighted by molar-refractivity contribution is 9.10. The molecule has 0 fully saturated rings. The molecule has 1 nitrogen and oxygen atoms in total. The van der Waals surface area contributed by atoms with Gasteiger partial charge in [-0.3, -0.25) is 0 Å². The normalized spacial score (nSPS) is 10.3. The molecule has 88 valence electrons. The SMILES string of the molecule is Fc1ccccc1CNc1ccc(Cl)c(Br)c1. The van der Waals surface area contributed by atoms with E-state index in [2.05, 4.69) is 21.2 Å². The first-order chi connectivity index (χ1) is 8.16. The Balaban J connectivity index is 2.08. The van der Waals surface area contributed by atoms with Crippen molar-refractivity contribution in [2.24, 2.45) is 0 Å². The molecule has 0 radical (unpaired) electrons. The molecule has 0 aromatic heterocycles. The zero-order valence-electron chi connectivity index (χ0n) is 8.88. The predicted octanol–water partition coefficient (Wildman–Crippen LogP) is 4.85. The summed E-state index contributed by atoms with van der Waals surface area (Å²) in [7, 11) is 0.